The van der Waals surface area contributed by atoms with Crippen LogP contribution in [0.25, 0.3) is 0 Å². The Kier molecular flexibility index (Phi) is 4.05. The molecule has 0 aromatic heterocycles. The molecule has 1 saturated heterocycles. The zero-order valence-electron chi connectivity index (χ0n) is 10.7. The van der Waals surface area contributed by atoms with Gasteiger partial charge in [0.1, 0.15) is 0 Å². The molecular weight excluding hydrogens is 216 g/mol. The smallest absolute Gasteiger partial charge is 0.237 e. The number of hydrogen-bond acceptors (Lipinski definition) is 3. The van der Waals surface area contributed by atoms with Crippen LogP contribution < -0.4 is 10.6 Å². The summed E-state index contributed by atoms with van der Waals surface area (Å²) >= 11 is 0. The lowest BCUT2D eigenvalue weighted by Gasteiger charge is -2.42. The Morgan fingerprint density at radius 3 is 2.76 bits per heavy atom. The van der Waals surface area contributed by atoms with Gasteiger partial charge in [0.25, 0.3) is 0 Å². The maximum atomic E-state index is 11.9. The molecule has 0 aromatic rings. The molecule has 1 heterocycles. The first-order valence-corrected chi connectivity index (χ1v) is 6.84. The van der Waals surface area contributed by atoms with Crippen LogP contribution in [-0.4, -0.2) is 36.2 Å². The minimum Gasteiger partial charge on any atom is -0.392 e. The molecule has 0 radical (unpaired) electrons. The molecule has 0 bridgehead atoms. The van der Waals surface area contributed by atoms with Crippen LogP contribution in [0.1, 0.15) is 45.4 Å². The molecule has 0 aromatic carbocycles. The Hall–Kier alpha value is -0.610. The summed E-state index contributed by atoms with van der Waals surface area (Å²) in [5.74, 6) is 0.0592. The fraction of sp³-hybridized carbons (Fsp3) is 0.923. The number of amides is 1. The summed E-state index contributed by atoms with van der Waals surface area (Å²) in [4.78, 5) is 11.9. The zero-order valence-corrected chi connectivity index (χ0v) is 10.7. The SMILES string of the molecule is CCCC1(CNC(=O)C2CC(O)CN2)CCC1. The van der Waals surface area contributed by atoms with Gasteiger partial charge < -0.3 is 15.7 Å². The number of nitrogens with one attached hydrogen (secondary N) is 2. The molecule has 3 N–H and O–H groups in total. The molecule has 2 fully saturated rings. The van der Waals surface area contributed by atoms with Gasteiger partial charge in [-0.25, -0.2) is 0 Å². The van der Waals surface area contributed by atoms with Crippen molar-refractivity contribution in [3.63, 3.8) is 0 Å². The van der Waals surface area contributed by atoms with Gasteiger partial charge in [-0.3, -0.25) is 4.79 Å². The van der Waals surface area contributed by atoms with Gasteiger partial charge in [-0.15, -0.1) is 0 Å². The average molecular weight is 240 g/mol. The second-order valence-electron chi connectivity index (χ2n) is 5.67. The molecule has 4 heteroatoms. The van der Waals surface area contributed by atoms with Crippen LogP contribution in [0.5, 0.6) is 0 Å². The van der Waals surface area contributed by atoms with E-state index in [1.165, 1.54) is 32.1 Å². The highest BCUT2D eigenvalue weighted by Gasteiger charge is 2.37. The van der Waals surface area contributed by atoms with E-state index >= 15 is 0 Å². The third kappa shape index (κ3) is 2.99. The maximum absolute atomic E-state index is 11.9. The fourth-order valence-electron chi connectivity index (χ4n) is 3.04. The lowest BCUT2D eigenvalue weighted by Crippen LogP contribution is -2.47. The largest absolute Gasteiger partial charge is 0.392 e. The van der Waals surface area contributed by atoms with Gasteiger partial charge in [0.2, 0.25) is 5.91 Å². The molecule has 0 spiro atoms. The van der Waals surface area contributed by atoms with Crippen molar-refractivity contribution in [1.29, 1.82) is 0 Å². The van der Waals surface area contributed by atoms with Crippen molar-refractivity contribution in [2.45, 2.75) is 57.6 Å². The highest BCUT2D eigenvalue weighted by Crippen LogP contribution is 2.44. The third-order valence-corrected chi connectivity index (χ3v) is 4.26. The quantitative estimate of drug-likeness (QED) is 0.666. The number of carbonyl (C=O) groups is 1. The Morgan fingerprint density at radius 2 is 2.29 bits per heavy atom. The van der Waals surface area contributed by atoms with Crippen molar-refractivity contribution in [1.82, 2.24) is 10.6 Å². The molecule has 2 rings (SSSR count). The molecule has 4 nitrogen and oxygen atoms in total. The van der Waals surface area contributed by atoms with Crippen LogP contribution in [0.3, 0.4) is 0 Å². The second-order valence-corrected chi connectivity index (χ2v) is 5.67. The van der Waals surface area contributed by atoms with Gasteiger partial charge in [-0.1, -0.05) is 19.8 Å². The Labute approximate surface area is 103 Å². The summed E-state index contributed by atoms with van der Waals surface area (Å²) in [6.45, 7) is 3.56. The average Bonchev–Trinajstić information content (AvgIpc) is 2.68. The molecule has 2 unspecified atom stereocenters. The first-order chi connectivity index (χ1) is 8.15. The van der Waals surface area contributed by atoms with Crippen molar-refractivity contribution in [3.05, 3.63) is 0 Å². The molecular formula is C13H24N2O2. The lowest BCUT2D eigenvalue weighted by atomic mass is 9.66. The Morgan fingerprint density at radius 1 is 1.53 bits per heavy atom. The molecule has 1 aliphatic heterocycles. The van der Waals surface area contributed by atoms with E-state index in [-0.39, 0.29) is 18.1 Å². The van der Waals surface area contributed by atoms with Crippen molar-refractivity contribution in [3.8, 4) is 0 Å². The van der Waals surface area contributed by atoms with Crippen LogP contribution in [0.4, 0.5) is 0 Å². The molecule has 1 aliphatic carbocycles. The molecule has 1 amide bonds. The number of hydrogen-bond donors (Lipinski definition) is 3. The van der Waals surface area contributed by atoms with Crippen LogP contribution in [0, 0.1) is 5.41 Å². The van der Waals surface area contributed by atoms with E-state index in [4.69, 9.17) is 0 Å². The van der Waals surface area contributed by atoms with Crippen molar-refractivity contribution < 1.29 is 9.90 Å². The molecule has 17 heavy (non-hydrogen) atoms. The standard InChI is InChI=1S/C13H24N2O2/c1-2-4-13(5-3-6-13)9-15-12(17)11-7-10(16)8-14-11/h10-11,14,16H,2-9H2,1H3,(H,15,17). The number of carbonyl (C=O) groups excluding carboxylic acids is 1. The summed E-state index contributed by atoms with van der Waals surface area (Å²) < 4.78 is 0. The highest BCUT2D eigenvalue weighted by atomic mass is 16.3. The molecule has 1 saturated carbocycles. The van der Waals surface area contributed by atoms with Gasteiger partial charge >= 0.3 is 0 Å². The van der Waals surface area contributed by atoms with Gasteiger partial charge in [0, 0.05) is 13.1 Å². The first-order valence-electron chi connectivity index (χ1n) is 6.84. The summed E-state index contributed by atoms with van der Waals surface area (Å²) in [7, 11) is 0. The van der Waals surface area contributed by atoms with Crippen molar-refractivity contribution in [2.24, 2.45) is 5.41 Å². The first kappa shape index (κ1) is 12.8. The van der Waals surface area contributed by atoms with Crippen LogP contribution in [0.2, 0.25) is 0 Å². The highest BCUT2D eigenvalue weighted by molar-refractivity contribution is 5.82. The number of rotatable bonds is 5. The maximum Gasteiger partial charge on any atom is 0.237 e. The van der Waals surface area contributed by atoms with Crippen molar-refractivity contribution >= 4 is 5.91 Å². The normalized spacial score (nSPS) is 30.9. The minimum absolute atomic E-state index is 0.0592. The fourth-order valence-corrected chi connectivity index (χ4v) is 3.04. The van der Waals surface area contributed by atoms with E-state index < -0.39 is 0 Å². The number of aliphatic hydroxyl groups excluding tert-OH is 1. The number of aliphatic hydroxyl groups is 1. The topological polar surface area (TPSA) is 61.4 Å². The summed E-state index contributed by atoms with van der Waals surface area (Å²) in [5.41, 5.74) is 0.377. The summed E-state index contributed by atoms with van der Waals surface area (Å²) in [6.07, 6.45) is 6.40. The summed E-state index contributed by atoms with van der Waals surface area (Å²) in [5, 5.41) is 15.5. The van der Waals surface area contributed by atoms with E-state index in [0.29, 0.717) is 18.4 Å². The predicted octanol–water partition coefficient (Wildman–Crippen LogP) is 0.796. The third-order valence-electron chi connectivity index (χ3n) is 4.26. The van der Waals surface area contributed by atoms with E-state index in [2.05, 4.69) is 17.6 Å². The van der Waals surface area contributed by atoms with E-state index in [0.717, 1.165) is 6.54 Å². The Bertz CT molecular complexity index is 277. The zero-order chi connectivity index (χ0) is 12.3. The molecule has 2 aliphatic rings. The van der Waals surface area contributed by atoms with E-state index in [9.17, 15) is 9.90 Å². The van der Waals surface area contributed by atoms with Crippen molar-refractivity contribution in [2.75, 3.05) is 13.1 Å². The van der Waals surface area contributed by atoms with Crippen LogP contribution in [0.15, 0.2) is 0 Å². The van der Waals surface area contributed by atoms with Gasteiger partial charge in [0.15, 0.2) is 0 Å². The lowest BCUT2D eigenvalue weighted by molar-refractivity contribution is -0.123. The molecule has 2 atom stereocenters. The van der Waals surface area contributed by atoms with E-state index in [1.807, 2.05) is 0 Å². The van der Waals surface area contributed by atoms with Gasteiger partial charge in [0.05, 0.1) is 12.1 Å². The van der Waals surface area contributed by atoms with Gasteiger partial charge in [-0.05, 0) is 31.1 Å². The van der Waals surface area contributed by atoms with Gasteiger partial charge in [-0.2, -0.15) is 0 Å². The summed E-state index contributed by atoms with van der Waals surface area (Å²) in [6, 6.07) is -0.191. The van der Waals surface area contributed by atoms with E-state index in [1.54, 1.807) is 0 Å². The predicted molar refractivity (Wildman–Crippen MR) is 66.6 cm³/mol. The second kappa shape index (κ2) is 5.36. The number of β-amino-alcohol motifs (C(OH)–C–C–N with tert-alkyl or cyclic N) is 1. The van der Waals surface area contributed by atoms with Crippen LogP contribution in [-0.2, 0) is 4.79 Å². The molecule has 98 valence electrons. The Balaban J connectivity index is 1.75. The minimum atomic E-state index is -0.362. The van der Waals surface area contributed by atoms with Crippen LogP contribution >= 0.6 is 0 Å². The monoisotopic (exact) mass is 240 g/mol.